The highest BCUT2D eigenvalue weighted by molar-refractivity contribution is 5.78. The summed E-state index contributed by atoms with van der Waals surface area (Å²) in [4.78, 5) is 13.6. The van der Waals surface area contributed by atoms with Gasteiger partial charge < -0.3 is 15.0 Å². The van der Waals surface area contributed by atoms with E-state index in [0.29, 0.717) is 13.1 Å². The number of benzene rings is 1. The second-order valence-electron chi connectivity index (χ2n) is 4.66. The van der Waals surface area contributed by atoms with Crippen molar-refractivity contribution in [2.24, 2.45) is 0 Å². The molecule has 0 heterocycles. The molecule has 1 amide bonds. The van der Waals surface area contributed by atoms with Crippen LogP contribution < -0.4 is 10.1 Å². The van der Waals surface area contributed by atoms with E-state index in [2.05, 4.69) is 12.2 Å². The lowest BCUT2D eigenvalue weighted by atomic mass is 10.2. The first-order chi connectivity index (χ1) is 9.71. The summed E-state index contributed by atoms with van der Waals surface area (Å²) >= 11 is 0. The lowest BCUT2D eigenvalue weighted by molar-refractivity contribution is -0.129. The summed E-state index contributed by atoms with van der Waals surface area (Å²) in [5.41, 5.74) is 1.15. The van der Waals surface area contributed by atoms with E-state index in [1.165, 1.54) is 0 Å². The molecule has 1 rings (SSSR count). The molecule has 0 saturated carbocycles. The van der Waals surface area contributed by atoms with Gasteiger partial charge in [-0.3, -0.25) is 4.79 Å². The molecule has 0 fully saturated rings. The van der Waals surface area contributed by atoms with Crippen molar-refractivity contribution >= 4 is 5.91 Å². The van der Waals surface area contributed by atoms with Gasteiger partial charge in [0.05, 0.1) is 13.2 Å². The minimum Gasteiger partial charge on any atom is -0.494 e. The van der Waals surface area contributed by atoms with Crippen molar-refractivity contribution in [2.45, 2.75) is 33.7 Å². The molecule has 0 spiro atoms. The van der Waals surface area contributed by atoms with E-state index >= 15 is 0 Å². The highest BCUT2D eigenvalue weighted by Gasteiger charge is 2.08. The SMILES string of the molecule is CCCOc1ccc(CNCC(=O)N(CC)CC)cc1. The largest absolute Gasteiger partial charge is 0.494 e. The Morgan fingerprint density at radius 2 is 1.80 bits per heavy atom. The molecular formula is C16H26N2O2. The van der Waals surface area contributed by atoms with Gasteiger partial charge in [-0.2, -0.15) is 0 Å². The maximum atomic E-state index is 11.8. The zero-order valence-corrected chi connectivity index (χ0v) is 12.8. The Morgan fingerprint density at radius 3 is 2.35 bits per heavy atom. The van der Waals surface area contributed by atoms with E-state index in [4.69, 9.17) is 4.74 Å². The van der Waals surface area contributed by atoms with Gasteiger partial charge >= 0.3 is 0 Å². The first-order valence-electron chi connectivity index (χ1n) is 7.41. The molecule has 1 aromatic rings. The van der Waals surface area contributed by atoms with Crippen molar-refractivity contribution in [3.05, 3.63) is 29.8 Å². The van der Waals surface area contributed by atoms with E-state index in [1.54, 1.807) is 0 Å². The average Bonchev–Trinajstić information content (AvgIpc) is 2.47. The molecule has 0 aromatic heterocycles. The summed E-state index contributed by atoms with van der Waals surface area (Å²) in [6.07, 6.45) is 1.01. The lowest BCUT2D eigenvalue weighted by Crippen LogP contribution is -2.37. The molecule has 1 N–H and O–H groups in total. The molecule has 112 valence electrons. The number of carbonyl (C=O) groups is 1. The van der Waals surface area contributed by atoms with Crippen LogP contribution in [0, 0.1) is 0 Å². The Balaban J connectivity index is 2.33. The fraction of sp³-hybridized carbons (Fsp3) is 0.562. The van der Waals surface area contributed by atoms with E-state index in [-0.39, 0.29) is 5.91 Å². The Bertz CT molecular complexity index is 386. The number of hydrogen-bond donors (Lipinski definition) is 1. The molecule has 4 heteroatoms. The van der Waals surface area contributed by atoms with Gasteiger partial charge in [-0.05, 0) is 38.0 Å². The number of carbonyl (C=O) groups excluding carboxylic acids is 1. The monoisotopic (exact) mass is 278 g/mol. The Morgan fingerprint density at radius 1 is 1.15 bits per heavy atom. The summed E-state index contributed by atoms with van der Waals surface area (Å²) in [6, 6.07) is 8.00. The number of rotatable bonds is 9. The van der Waals surface area contributed by atoms with Crippen molar-refractivity contribution in [1.82, 2.24) is 10.2 Å². The van der Waals surface area contributed by atoms with Gasteiger partial charge in [0.2, 0.25) is 5.91 Å². The number of hydrogen-bond acceptors (Lipinski definition) is 3. The molecule has 4 nitrogen and oxygen atoms in total. The van der Waals surface area contributed by atoms with E-state index < -0.39 is 0 Å². The molecule has 1 aromatic carbocycles. The fourth-order valence-corrected chi connectivity index (χ4v) is 1.93. The number of amides is 1. The maximum Gasteiger partial charge on any atom is 0.236 e. The molecule has 0 aliphatic heterocycles. The zero-order chi connectivity index (χ0) is 14.8. The highest BCUT2D eigenvalue weighted by atomic mass is 16.5. The first kappa shape index (κ1) is 16.5. The highest BCUT2D eigenvalue weighted by Crippen LogP contribution is 2.12. The summed E-state index contributed by atoms with van der Waals surface area (Å²) in [6.45, 7) is 9.44. The summed E-state index contributed by atoms with van der Waals surface area (Å²) in [7, 11) is 0. The quantitative estimate of drug-likeness (QED) is 0.754. The van der Waals surface area contributed by atoms with E-state index in [0.717, 1.165) is 37.4 Å². The predicted molar refractivity (Wildman–Crippen MR) is 81.9 cm³/mol. The third-order valence-electron chi connectivity index (χ3n) is 3.12. The van der Waals surface area contributed by atoms with Gasteiger partial charge in [0, 0.05) is 19.6 Å². The fourth-order valence-electron chi connectivity index (χ4n) is 1.93. The van der Waals surface area contributed by atoms with Crippen LogP contribution in [0.25, 0.3) is 0 Å². The van der Waals surface area contributed by atoms with Crippen LogP contribution in [0.1, 0.15) is 32.8 Å². The van der Waals surface area contributed by atoms with Crippen molar-refractivity contribution in [2.75, 3.05) is 26.2 Å². The van der Waals surface area contributed by atoms with Crippen molar-refractivity contribution < 1.29 is 9.53 Å². The van der Waals surface area contributed by atoms with Crippen LogP contribution in [0.15, 0.2) is 24.3 Å². The normalized spacial score (nSPS) is 10.3. The Labute approximate surface area is 122 Å². The second kappa shape index (κ2) is 9.37. The van der Waals surface area contributed by atoms with Crippen LogP contribution in [0.5, 0.6) is 5.75 Å². The van der Waals surface area contributed by atoms with Crippen LogP contribution >= 0.6 is 0 Å². The summed E-state index contributed by atoms with van der Waals surface area (Å²) in [5.74, 6) is 1.05. The van der Waals surface area contributed by atoms with E-state index in [1.807, 2.05) is 43.0 Å². The molecule has 0 atom stereocenters. The minimum absolute atomic E-state index is 0.151. The van der Waals surface area contributed by atoms with Crippen LogP contribution in [0.3, 0.4) is 0 Å². The molecule has 0 saturated heterocycles. The molecule has 0 aliphatic rings. The summed E-state index contributed by atoms with van der Waals surface area (Å²) < 4.78 is 5.53. The topological polar surface area (TPSA) is 41.6 Å². The van der Waals surface area contributed by atoms with Gasteiger partial charge in [0.1, 0.15) is 5.75 Å². The van der Waals surface area contributed by atoms with Crippen LogP contribution in [0.4, 0.5) is 0 Å². The van der Waals surface area contributed by atoms with Gasteiger partial charge in [-0.25, -0.2) is 0 Å². The predicted octanol–water partition coefficient (Wildman–Crippen LogP) is 2.43. The van der Waals surface area contributed by atoms with Gasteiger partial charge in [-0.15, -0.1) is 0 Å². The molecular weight excluding hydrogens is 252 g/mol. The lowest BCUT2D eigenvalue weighted by Gasteiger charge is -2.18. The van der Waals surface area contributed by atoms with Gasteiger partial charge in [0.15, 0.2) is 0 Å². The molecule has 0 unspecified atom stereocenters. The van der Waals surface area contributed by atoms with Gasteiger partial charge in [0.25, 0.3) is 0 Å². The van der Waals surface area contributed by atoms with Crippen LogP contribution in [-0.2, 0) is 11.3 Å². The molecule has 0 radical (unpaired) electrons. The second-order valence-corrected chi connectivity index (χ2v) is 4.66. The number of nitrogens with zero attached hydrogens (tertiary/aromatic N) is 1. The number of likely N-dealkylation sites (N-methyl/N-ethyl adjacent to an activating group) is 1. The summed E-state index contributed by atoms with van der Waals surface area (Å²) in [5, 5.41) is 3.18. The van der Waals surface area contributed by atoms with Crippen molar-refractivity contribution in [3.8, 4) is 5.75 Å². The average molecular weight is 278 g/mol. The standard InChI is InChI=1S/C16H26N2O2/c1-4-11-20-15-9-7-14(8-10-15)12-17-13-16(19)18(5-2)6-3/h7-10,17H,4-6,11-13H2,1-3H3. The maximum absolute atomic E-state index is 11.8. The van der Waals surface area contributed by atoms with Crippen LogP contribution in [-0.4, -0.2) is 37.0 Å². The zero-order valence-electron chi connectivity index (χ0n) is 12.8. The van der Waals surface area contributed by atoms with Crippen molar-refractivity contribution in [1.29, 1.82) is 0 Å². The molecule has 0 bridgehead atoms. The Kier molecular flexibility index (Phi) is 7.73. The molecule has 20 heavy (non-hydrogen) atoms. The van der Waals surface area contributed by atoms with E-state index in [9.17, 15) is 4.79 Å². The van der Waals surface area contributed by atoms with Gasteiger partial charge in [-0.1, -0.05) is 19.1 Å². The third-order valence-corrected chi connectivity index (χ3v) is 3.12. The smallest absolute Gasteiger partial charge is 0.236 e. The number of nitrogens with one attached hydrogen (secondary N) is 1. The molecule has 0 aliphatic carbocycles. The number of ether oxygens (including phenoxy) is 1. The Hall–Kier alpha value is -1.55. The van der Waals surface area contributed by atoms with Crippen LogP contribution in [0.2, 0.25) is 0 Å². The minimum atomic E-state index is 0.151. The first-order valence-corrected chi connectivity index (χ1v) is 7.41. The van der Waals surface area contributed by atoms with Crippen molar-refractivity contribution in [3.63, 3.8) is 0 Å². The third kappa shape index (κ3) is 5.61.